The average Bonchev–Trinajstić information content (AvgIpc) is 2.66. The second-order valence-corrected chi connectivity index (χ2v) is 4.19. The van der Waals surface area contributed by atoms with Gasteiger partial charge in [-0.25, -0.2) is 0 Å². The van der Waals surface area contributed by atoms with E-state index in [1.807, 2.05) is 12.1 Å². The van der Waals surface area contributed by atoms with Crippen LogP contribution < -0.4 is 0 Å². The fraction of sp³-hybridized carbons (Fsp3) is 0.357. The number of benzene rings is 1. The van der Waals surface area contributed by atoms with Gasteiger partial charge < -0.3 is 9.67 Å². The molecule has 0 bridgehead atoms. The Morgan fingerprint density at radius 3 is 2.82 bits per heavy atom. The number of fused-ring (bicyclic) bond motifs is 1. The lowest BCUT2D eigenvalue weighted by atomic mass is 10.2. The Hall–Kier alpha value is -1.77. The van der Waals surface area contributed by atoms with Crippen LogP contribution in [0.25, 0.3) is 10.9 Å². The Morgan fingerprint density at radius 1 is 1.35 bits per heavy atom. The predicted octanol–water partition coefficient (Wildman–Crippen LogP) is 3.07. The summed E-state index contributed by atoms with van der Waals surface area (Å²) in [6, 6.07) is 10.4. The maximum atomic E-state index is 10.5. The third-order valence-electron chi connectivity index (χ3n) is 3.04. The van der Waals surface area contributed by atoms with Crippen molar-refractivity contribution >= 4 is 16.9 Å². The zero-order valence-electron chi connectivity index (χ0n) is 10.0. The monoisotopic (exact) mass is 231 g/mol. The van der Waals surface area contributed by atoms with Crippen molar-refractivity contribution in [3.05, 3.63) is 36.0 Å². The van der Waals surface area contributed by atoms with Gasteiger partial charge in [0.25, 0.3) is 0 Å². The number of aryl methyl sites for hydroxylation is 2. The van der Waals surface area contributed by atoms with Crippen LogP contribution in [0.1, 0.15) is 25.5 Å². The molecule has 0 radical (unpaired) electrons. The SMILES string of the molecule is CCn1c(CCCC(=O)O)cc2ccccc21. The summed E-state index contributed by atoms with van der Waals surface area (Å²) in [5.74, 6) is -0.718. The van der Waals surface area contributed by atoms with Crippen molar-refractivity contribution in [2.75, 3.05) is 0 Å². The largest absolute Gasteiger partial charge is 0.481 e. The summed E-state index contributed by atoms with van der Waals surface area (Å²) in [6.07, 6.45) is 1.77. The van der Waals surface area contributed by atoms with E-state index in [0.717, 1.165) is 13.0 Å². The maximum absolute atomic E-state index is 10.5. The van der Waals surface area contributed by atoms with Crippen LogP contribution in [0.3, 0.4) is 0 Å². The van der Waals surface area contributed by atoms with Crippen LogP contribution in [0.4, 0.5) is 0 Å². The number of aliphatic carboxylic acids is 1. The number of carboxylic acid groups (broad SMARTS) is 1. The number of aromatic nitrogens is 1. The quantitative estimate of drug-likeness (QED) is 0.859. The summed E-state index contributed by atoms with van der Waals surface area (Å²) in [6.45, 7) is 3.04. The number of para-hydroxylation sites is 1. The highest BCUT2D eigenvalue weighted by Gasteiger charge is 2.07. The number of carbonyl (C=O) groups is 1. The molecule has 3 nitrogen and oxygen atoms in total. The van der Waals surface area contributed by atoms with Crippen LogP contribution in [0.15, 0.2) is 30.3 Å². The second kappa shape index (κ2) is 5.04. The van der Waals surface area contributed by atoms with Gasteiger partial charge in [0, 0.05) is 24.2 Å². The van der Waals surface area contributed by atoms with Crippen molar-refractivity contribution < 1.29 is 9.90 Å². The van der Waals surface area contributed by atoms with Crippen LogP contribution in [-0.4, -0.2) is 15.6 Å². The van der Waals surface area contributed by atoms with E-state index in [2.05, 4.69) is 29.7 Å². The lowest BCUT2D eigenvalue weighted by Crippen LogP contribution is -2.02. The smallest absolute Gasteiger partial charge is 0.303 e. The molecule has 0 unspecified atom stereocenters. The van der Waals surface area contributed by atoms with Crippen LogP contribution in [0.5, 0.6) is 0 Å². The van der Waals surface area contributed by atoms with Crippen molar-refractivity contribution in [3.63, 3.8) is 0 Å². The Labute approximate surface area is 101 Å². The van der Waals surface area contributed by atoms with E-state index in [4.69, 9.17) is 5.11 Å². The van der Waals surface area contributed by atoms with Crippen LogP contribution in [-0.2, 0) is 17.8 Å². The zero-order chi connectivity index (χ0) is 12.3. The molecule has 0 aliphatic carbocycles. The van der Waals surface area contributed by atoms with Gasteiger partial charge in [0.1, 0.15) is 0 Å². The zero-order valence-corrected chi connectivity index (χ0v) is 10.0. The van der Waals surface area contributed by atoms with Gasteiger partial charge in [-0.3, -0.25) is 4.79 Å². The number of hydrogen-bond acceptors (Lipinski definition) is 1. The average molecular weight is 231 g/mol. The van der Waals surface area contributed by atoms with Crippen LogP contribution in [0.2, 0.25) is 0 Å². The first kappa shape index (κ1) is 11.7. The van der Waals surface area contributed by atoms with Gasteiger partial charge in [-0.15, -0.1) is 0 Å². The summed E-state index contributed by atoms with van der Waals surface area (Å²) in [7, 11) is 0. The van der Waals surface area contributed by atoms with Gasteiger partial charge in [-0.1, -0.05) is 18.2 Å². The minimum absolute atomic E-state index is 0.241. The predicted molar refractivity (Wildman–Crippen MR) is 68.2 cm³/mol. The molecule has 0 fully saturated rings. The molecular formula is C14H17NO2. The topological polar surface area (TPSA) is 42.2 Å². The number of hydrogen-bond donors (Lipinski definition) is 1. The molecule has 1 heterocycles. The Bertz CT molecular complexity index is 528. The summed E-state index contributed by atoms with van der Waals surface area (Å²) in [4.78, 5) is 10.5. The summed E-state index contributed by atoms with van der Waals surface area (Å²) < 4.78 is 2.26. The third kappa shape index (κ3) is 2.49. The molecule has 0 amide bonds. The molecule has 1 aromatic heterocycles. The number of nitrogens with zero attached hydrogens (tertiary/aromatic N) is 1. The van der Waals surface area contributed by atoms with Gasteiger partial charge in [0.2, 0.25) is 0 Å². The van der Waals surface area contributed by atoms with E-state index in [1.54, 1.807) is 0 Å². The first-order valence-electron chi connectivity index (χ1n) is 6.01. The molecule has 0 atom stereocenters. The highest BCUT2D eigenvalue weighted by Crippen LogP contribution is 2.21. The fourth-order valence-electron chi connectivity index (χ4n) is 2.27. The van der Waals surface area contributed by atoms with Crippen molar-refractivity contribution in [1.82, 2.24) is 4.57 Å². The lowest BCUT2D eigenvalue weighted by Gasteiger charge is -2.06. The molecule has 2 aromatic rings. The normalized spacial score (nSPS) is 10.9. The molecular weight excluding hydrogens is 214 g/mol. The Kier molecular flexibility index (Phi) is 3.47. The molecule has 3 heteroatoms. The molecule has 0 saturated carbocycles. The van der Waals surface area contributed by atoms with Gasteiger partial charge in [0.05, 0.1) is 0 Å². The minimum Gasteiger partial charge on any atom is -0.481 e. The Morgan fingerprint density at radius 2 is 2.12 bits per heavy atom. The summed E-state index contributed by atoms with van der Waals surface area (Å²) in [5.41, 5.74) is 2.47. The van der Waals surface area contributed by atoms with Crippen molar-refractivity contribution in [1.29, 1.82) is 0 Å². The third-order valence-corrected chi connectivity index (χ3v) is 3.04. The van der Waals surface area contributed by atoms with Crippen molar-refractivity contribution in [2.24, 2.45) is 0 Å². The number of rotatable bonds is 5. The molecule has 2 rings (SSSR count). The molecule has 17 heavy (non-hydrogen) atoms. The molecule has 90 valence electrons. The maximum Gasteiger partial charge on any atom is 0.303 e. The van der Waals surface area contributed by atoms with E-state index in [1.165, 1.54) is 16.6 Å². The van der Waals surface area contributed by atoms with Gasteiger partial charge in [0.15, 0.2) is 0 Å². The van der Waals surface area contributed by atoms with Crippen molar-refractivity contribution in [2.45, 2.75) is 32.7 Å². The molecule has 0 aliphatic rings. The minimum atomic E-state index is -0.718. The van der Waals surface area contributed by atoms with E-state index < -0.39 is 5.97 Å². The fourth-order valence-corrected chi connectivity index (χ4v) is 2.27. The molecule has 0 aliphatic heterocycles. The molecule has 0 saturated heterocycles. The highest BCUT2D eigenvalue weighted by molar-refractivity contribution is 5.81. The molecule has 1 N–H and O–H groups in total. The van der Waals surface area contributed by atoms with E-state index in [9.17, 15) is 4.79 Å². The standard InChI is InChI=1S/C14H17NO2/c1-2-15-12(7-5-9-14(16)17)10-11-6-3-4-8-13(11)15/h3-4,6,8,10H,2,5,7,9H2,1H3,(H,16,17). The van der Waals surface area contributed by atoms with Crippen LogP contribution in [0, 0.1) is 0 Å². The Balaban J connectivity index is 2.24. The van der Waals surface area contributed by atoms with Gasteiger partial charge in [-0.05, 0) is 37.3 Å². The van der Waals surface area contributed by atoms with E-state index in [-0.39, 0.29) is 6.42 Å². The molecule has 0 spiro atoms. The second-order valence-electron chi connectivity index (χ2n) is 4.19. The van der Waals surface area contributed by atoms with E-state index in [0.29, 0.717) is 6.42 Å². The first-order chi connectivity index (χ1) is 8.22. The summed E-state index contributed by atoms with van der Waals surface area (Å²) in [5, 5.41) is 9.89. The number of carboxylic acids is 1. The molecule has 1 aromatic carbocycles. The lowest BCUT2D eigenvalue weighted by molar-refractivity contribution is -0.137. The first-order valence-corrected chi connectivity index (χ1v) is 6.01. The van der Waals surface area contributed by atoms with Gasteiger partial charge in [-0.2, -0.15) is 0 Å². The van der Waals surface area contributed by atoms with Gasteiger partial charge >= 0.3 is 5.97 Å². The van der Waals surface area contributed by atoms with Crippen LogP contribution >= 0.6 is 0 Å². The summed E-state index contributed by atoms with van der Waals surface area (Å²) >= 11 is 0. The van der Waals surface area contributed by atoms with E-state index >= 15 is 0 Å². The highest BCUT2D eigenvalue weighted by atomic mass is 16.4. The van der Waals surface area contributed by atoms with Crippen molar-refractivity contribution in [3.8, 4) is 0 Å².